The van der Waals surface area contributed by atoms with Gasteiger partial charge in [0.05, 0.1) is 6.61 Å². The van der Waals surface area contributed by atoms with Gasteiger partial charge in [-0.2, -0.15) is 0 Å². The van der Waals surface area contributed by atoms with Crippen LogP contribution in [0.5, 0.6) is 0 Å². The zero-order chi connectivity index (χ0) is 20.7. The van der Waals surface area contributed by atoms with E-state index >= 15 is 0 Å². The molecular formula is C25H44O3. The molecule has 3 nitrogen and oxygen atoms in total. The minimum Gasteiger partial charge on any atom is -0.436 e. The molecule has 0 bridgehead atoms. The molecule has 0 aromatic rings. The maximum absolute atomic E-state index is 11.9. The molecule has 0 aliphatic carbocycles. The third-order valence-corrected chi connectivity index (χ3v) is 4.43. The molecule has 28 heavy (non-hydrogen) atoms. The number of rotatable bonds is 19. The van der Waals surface area contributed by atoms with Crippen LogP contribution in [0.2, 0.25) is 0 Å². The summed E-state index contributed by atoms with van der Waals surface area (Å²) in [5.74, 6) is -0.121. The summed E-state index contributed by atoms with van der Waals surface area (Å²) in [5.41, 5.74) is 0. The van der Waals surface area contributed by atoms with Crippen LogP contribution in [-0.2, 0) is 14.3 Å². The van der Waals surface area contributed by atoms with E-state index in [1.165, 1.54) is 19.3 Å². The molecule has 0 amide bonds. The lowest BCUT2D eigenvalue weighted by molar-refractivity contribution is -0.179. The van der Waals surface area contributed by atoms with Gasteiger partial charge in [-0.15, -0.1) is 0 Å². The van der Waals surface area contributed by atoms with Gasteiger partial charge in [0.15, 0.2) is 0 Å². The van der Waals surface area contributed by atoms with Gasteiger partial charge in [-0.05, 0) is 44.9 Å². The lowest BCUT2D eigenvalue weighted by Crippen LogP contribution is -2.21. The van der Waals surface area contributed by atoms with Gasteiger partial charge in [0.2, 0.25) is 6.29 Å². The van der Waals surface area contributed by atoms with Crippen LogP contribution in [-0.4, -0.2) is 18.9 Å². The summed E-state index contributed by atoms with van der Waals surface area (Å²) in [5, 5.41) is 0. The first-order valence-electron chi connectivity index (χ1n) is 11.5. The predicted octanol–water partition coefficient (Wildman–Crippen LogP) is 7.67. The van der Waals surface area contributed by atoms with Crippen molar-refractivity contribution in [3.8, 4) is 0 Å². The minimum absolute atomic E-state index is 0.121. The Kier molecular flexibility index (Phi) is 20.9. The number of unbranched alkanes of at least 4 members (excludes halogenated alkanes) is 6. The van der Waals surface area contributed by atoms with Gasteiger partial charge in [-0.1, -0.05) is 82.9 Å². The highest BCUT2D eigenvalue weighted by molar-refractivity contribution is 5.69. The summed E-state index contributed by atoms with van der Waals surface area (Å²) in [6.07, 6.45) is 26.4. The first kappa shape index (κ1) is 26.6. The summed E-state index contributed by atoms with van der Waals surface area (Å²) in [7, 11) is 0. The minimum atomic E-state index is -0.367. The molecule has 0 rings (SSSR count). The van der Waals surface area contributed by atoms with E-state index in [0.717, 1.165) is 51.4 Å². The summed E-state index contributed by atoms with van der Waals surface area (Å²) in [4.78, 5) is 11.9. The topological polar surface area (TPSA) is 35.5 Å². The van der Waals surface area contributed by atoms with E-state index in [9.17, 15) is 4.79 Å². The third kappa shape index (κ3) is 19.4. The highest BCUT2D eigenvalue weighted by atomic mass is 16.7. The molecule has 162 valence electrons. The van der Waals surface area contributed by atoms with Crippen LogP contribution in [0.15, 0.2) is 36.5 Å². The number of ether oxygens (including phenoxy) is 2. The third-order valence-electron chi connectivity index (χ3n) is 4.43. The lowest BCUT2D eigenvalue weighted by Gasteiger charge is -2.16. The average molecular weight is 393 g/mol. The molecule has 0 aliphatic heterocycles. The molecule has 1 atom stereocenters. The Balaban J connectivity index is 3.49. The van der Waals surface area contributed by atoms with Crippen LogP contribution < -0.4 is 0 Å². The fourth-order valence-corrected chi connectivity index (χ4v) is 2.69. The molecular weight excluding hydrogens is 348 g/mol. The molecule has 0 saturated carbocycles. The highest BCUT2D eigenvalue weighted by Crippen LogP contribution is 2.10. The fraction of sp³-hybridized carbons (Fsp3) is 0.720. The zero-order valence-corrected chi connectivity index (χ0v) is 18.7. The fourth-order valence-electron chi connectivity index (χ4n) is 2.69. The largest absolute Gasteiger partial charge is 0.436 e. The second-order valence-electron chi connectivity index (χ2n) is 7.15. The SMILES string of the molecule is CC/C=C\C/C=C\C/C=C\CCCCCCCC(=O)OC(CC)OCCCC. The van der Waals surface area contributed by atoms with Crippen molar-refractivity contribution in [3.05, 3.63) is 36.5 Å². The Morgan fingerprint density at radius 2 is 1.43 bits per heavy atom. The first-order valence-corrected chi connectivity index (χ1v) is 11.5. The molecule has 0 spiro atoms. The molecule has 0 aliphatic rings. The molecule has 0 aromatic heterocycles. The van der Waals surface area contributed by atoms with Crippen molar-refractivity contribution >= 4 is 5.97 Å². The van der Waals surface area contributed by atoms with Crippen molar-refractivity contribution in [3.63, 3.8) is 0 Å². The summed E-state index contributed by atoms with van der Waals surface area (Å²) >= 11 is 0. The monoisotopic (exact) mass is 392 g/mol. The Morgan fingerprint density at radius 3 is 2.11 bits per heavy atom. The Labute approximate surface area is 174 Å². The number of esters is 1. The molecule has 0 fully saturated rings. The van der Waals surface area contributed by atoms with Gasteiger partial charge in [0.25, 0.3) is 0 Å². The number of carbonyl (C=O) groups excluding carboxylic acids is 1. The van der Waals surface area contributed by atoms with E-state index < -0.39 is 0 Å². The zero-order valence-electron chi connectivity index (χ0n) is 18.7. The standard InChI is InChI=1S/C25H44O3/c1-4-7-9-10-11-12-13-14-15-16-17-18-19-20-21-22-24(26)28-25(6-3)27-23-8-5-2/h7,9,11-12,14-15,25H,4-6,8,10,13,16-23H2,1-3H3/b9-7-,12-11-,15-14-. The van der Waals surface area contributed by atoms with Crippen LogP contribution in [0.3, 0.4) is 0 Å². The smallest absolute Gasteiger partial charge is 0.308 e. The van der Waals surface area contributed by atoms with E-state index in [4.69, 9.17) is 9.47 Å². The summed E-state index contributed by atoms with van der Waals surface area (Å²) in [6.45, 7) is 6.94. The van der Waals surface area contributed by atoms with Crippen LogP contribution in [0.4, 0.5) is 0 Å². The van der Waals surface area contributed by atoms with Crippen molar-refractivity contribution in [2.45, 2.75) is 111 Å². The average Bonchev–Trinajstić information content (AvgIpc) is 2.70. The second kappa shape index (κ2) is 21.9. The van der Waals surface area contributed by atoms with Gasteiger partial charge >= 0.3 is 5.97 Å². The Bertz CT molecular complexity index is 424. The normalized spacial score (nSPS) is 13.1. The molecule has 3 heteroatoms. The van der Waals surface area contributed by atoms with Crippen molar-refractivity contribution in [2.75, 3.05) is 6.61 Å². The van der Waals surface area contributed by atoms with Crippen LogP contribution >= 0.6 is 0 Å². The van der Waals surface area contributed by atoms with E-state index in [1.807, 2.05) is 6.92 Å². The van der Waals surface area contributed by atoms with Crippen molar-refractivity contribution in [1.29, 1.82) is 0 Å². The summed E-state index contributed by atoms with van der Waals surface area (Å²) < 4.78 is 11.0. The van der Waals surface area contributed by atoms with E-state index in [-0.39, 0.29) is 12.3 Å². The molecule has 0 aromatic carbocycles. The maximum atomic E-state index is 11.9. The van der Waals surface area contributed by atoms with Gasteiger partial charge in [-0.25, -0.2) is 0 Å². The van der Waals surface area contributed by atoms with Crippen LogP contribution in [0.1, 0.15) is 104 Å². The summed E-state index contributed by atoms with van der Waals surface area (Å²) in [6, 6.07) is 0. The Hall–Kier alpha value is -1.35. The van der Waals surface area contributed by atoms with Gasteiger partial charge in [0.1, 0.15) is 0 Å². The van der Waals surface area contributed by atoms with Crippen LogP contribution in [0, 0.1) is 0 Å². The van der Waals surface area contributed by atoms with Crippen molar-refractivity contribution < 1.29 is 14.3 Å². The molecule has 0 saturated heterocycles. The van der Waals surface area contributed by atoms with Gasteiger partial charge in [-0.3, -0.25) is 4.79 Å². The van der Waals surface area contributed by atoms with Gasteiger partial charge in [0, 0.05) is 12.8 Å². The van der Waals surface area contributed by atoms with Crippen LogP contribution in [0.25, 0.3) is 0 Å². The van der Waals surface area contributed by atoms with E-state index in [2.05, 4.69) is 50.3 Å². The predicted molar refractivity (Wildman–Crippen MR) is 120 cm³/mol. The quantitative estimate of drug-likeness (QED) is 0.0978. The molecule has 0 radical (unpaired) electrons. The molecule has 0 heterocycles. The van der Waals surface area contributed by atoms with Gasteiger partial charge < -0.3 is 9.47 Å². The molecule has 0 N–H and O–H groups in total. The van der Waals surface area contributed by atoms with Crippen molar-refractivity contribution in [2.24, 2.45) is 0 Å². The second-order valence-corrected chi connectivity index (χ2v) is 7.15. The Morgan fingerprint density at radius 1 is 0.786 bits per heavy atom. The first-order chi connectivity index (χ1) is 13.7. The van der Waals surface area contributed by atoms with E-state index in [1.54, 1.807) is 0 Å². The molecule has 1 unspecified atom stereocenters. The lowest BCUT2D eigenvalue weighted by atomic mass is 10.1. The van der Waals surface area contributed by atoms with Crippen molar-refractivity contribution in [1.82, 2.24) is 0 Å². The maximum Gasteiger partial charge on any atom is 0.308 e. The number of hydrogen-bond acceptors (Lipinski definition) is 3. The highest BCUT2D eigenvalue weighted by Gasteiger charge is 2.12. The number of carbonyl (C=O) groups is 1. The number of allylic oxidation sites excluding steroid dienone is 6. The number of hydrogen-bond donors (Lipinski definition) is 0. The van der Waals surface area contributed by atoms with E-state index in [0.29, 0.717) is 19.4 Å².